The SMILES string of the molecule is COC(=O)CC1=CN1SN(C)Br. The number of carbonyl (C=O) groups excluding carboxylic acids is 1. The van der Waals surface area contributed by atoms with E-state index in [1.165, 1.54) is 19.2 Å². The molecule has 0 saturated heterocycles. The van der Waals surface area contributed by atoms with Gasteiger partial charge in [0.2, 0.25) is 0 Å². The molecule has 0 aromatic carbocycles. The normalized spacial score (nSPS) is 14.7. The van der Waals surface area contributed by atoms with Crippen molar-refractivity contribution >= 4 is 34.3 Å². The van der Waals surface area contributed by atoms with Gasteiger partial charge in [0.15, 0.2) is 0 Å². The number of rotatable bonds is 4. The summed E-state index contributed by atoms with van der Waals surface area (Å²) in [7, 11) is 3.26. The molecule has 0 N–H and O–H groups in total. The van der Waals surface area contributed by atoms with E-state index in [9.17, 15) is 4.79 Å². The average molecular weight is 253 g/mol. The van der Waals surface area contributed by atoms with Gasteiger partial charge in [0.1, 0.15) is 0 Å². The fraction of sp³-hybridized carbons (Fsp3) is 0.500. The van der Waals surface area contributed by atoms with Gasteiger partial charge in [-0.05, 0) is 0 Å². The summed E-state index contributed by atoms with van der Waals surface area (Å²) < 4.78 is 8.18. The minimum atomic E-state index is -0.207. The van der Waals surface area contributed by atoms with Crippen LogP contribution in [0.3, 0.4) is 0 Å². The van der Waals surface area contributed by atoms with Crippen molar-refractivity contribution < 1.29 is 9.53 Å². The van der Waals surface area contributed by atoms with Crippen LogP contribution >= 0.6 is 28.3 Å². The summed E-state index contributed by atoms with van der Waals surface area (Å²) >= 11 is 4.69. The Morgan fingerprint density at radius 1 is 1.92 bits per heavy atom. The van der Waals surface area contributed by atoms with Crippen LogP contribution in [0.4, 0.5) is 0 Å². The number of hydrogen-bond donors (Lipinski definition) is 0. The molecule has 0 aromatic rings. The van der Waals surface area contributed by atoms with E-state index in [0.717, 1.165) is 5.70 Å². The third-order valence-corrected chi connectivity index (χ3v) is 2.36. The van der Waals surface area contributed by atoms with Gasteiger partial charge in [-0.2, -0.15) is 3.33 Å². The number of carbonyl (C=O) groups is 1. The first-order valence-electron chi connectivity index (χ1n) is 3.28. The smallest absolute Gasteiger partial charge is 0.311 e. The van der Waals surface area contributed by atoms with Crippen molar-refractivity contribution in [2.75, 3.05) is 14.2 Å². The van der Waals surface area contributed by atoms with Crippen molar-refractivity contribution in [2.45, 2.75) is 6.42 Å². The predicted molar refractivity (Wildman–Crippen MR) is 50.8 cm³/mol. The van der Waals surface area contributed by atoms with Crippen LogP contribution in [0, 0.1) is 0 Å². The number of hydrogen-bond acceptors (Lipinski definition) is 5. The van der Waals surface area contributed by atoms with Gasteiger partial charge in [0.05, 0.1) is 31.4 Å². The Labute approximate surface area is 84.1 Å². The van der Waals surface area contributed by atoms with E-state index in [4.69, 9.17) is 0 Å². The molecule has 1 aliphatic rings. The molecule has 6 heteroatoms. The summed E-state index contributed by atoms with van der Waals surface area (Å²) in [4.78, 5) is 10.8. The number of halogens is 1. The van der Waals surface area contributed by atoms with E-state index in [1.54, 1.807) is 3.33 Å². The highest BCUT2D eigenvalue weighted by Gasteiger charge is 2.25. The molecule has 0 saturated carbocycles. The lowest BCUT2D eigenvalue weighted by Gasteiger charge is -2.07. The molecule has 0 aromatic heterocycles. The van der Waals surface area contributed by atoms with Gasteiger partial charge >= 0.3 is 5.97 Å². The van der Waals surface area contributed by atoms with E-state index < -0.39 is 0 Å². The molecule has 0 atom stereocenters. The number of ether oxygens (including phenoxy) is 1. The van der Waals surface area contributed by atoms with Crippen LogP contribution in [0.15, 0.2) is 11.9 Å². The van der Waals surface area contributed by atoms with Crippen LogP contribution in [0.25, 0.3) is 0 Å². The zero-order chi connectivity index (χ0) is 9.14. The first-order chi connectivity index (χ1) is 5.63. The first kappa shape index (κ1) is 9.88. The Morgan fingerprint density at radius 2 is 2.58 bits per heavy atom. The lowest BCUT2D eigenvalue weighted by atomic mass is 10.4. The molecule has 12 heavy (non-hydrogen) atoms. The maximum atomic E-state index is 10.8. The lowest BCUT2D eigenvalue weighted by molar-refractivity contribution is -0.139. The van der Waals surface area contributed by atoms with E-state index in [2.05, 4.69) is 20.9 Å². The fourth-order valence-electron chi connectivity index (χ4n) is 0.647. The fourth-order valence-corrected chi connectivity index (χ4v) is 1.65. The molecule has 0 fully saturated rings. The third-order valence-electron chi connectivity index (χ3n) is 1.24. The highest BCUT2D eigenvalue weighted by atomic mass is 79.9. The Morgan fingerprint density at radius 3 is 3.08 bits per heavy atom. The topological polar surface area (TPSA) is 32.6 Å². The molecular formula is C6H9BrN2O2S. The molecule has 0 amide bonds. The zero-order valence-electron chi connectivity index (χ0n) is 6.78. The van der Waals surface area contributed by atoms with Crippen molar-refractivity contribution in [2.24, 2.45) is 0 Å². The van der Waals surface area contributed by atoms with Gasteiger partial charge in [0, 0.05) is 29.4 Å². The van der Waals surface area contributed by atoms with Gasteiger partial charge < -0.3 is 4.74 Å². The lowest BCUT2D eigenvalue weighted by Crippen LogP contribution is -2.03. The molecule has 1 aliphatic heterocycles. The maximum absolute atomic E-state index is 10.8. The van der Waals surface area contributed by atoms with Crippen LogP contribution in [-0.4, -0.2) is 27.8 Å². The third kappa shape index (κ3) is 3.04. The standard InChI is InChI=1S/C6H9BrN2O2S/c1-8(7)12-9-4-5(9)3-6(10)11-2/h4H,3H2,1-2H3. The largest absolute Gasteiger partial charge is 0.469 e. The molecule has 0 radical (unpaired) electrons. The number of esters is 1. The van der Waals surface area contributed by atoms with Crippen molar-refractivity contribution in [1.29, 1.82) is 0 Å². The Balaban J connectivity index is 2.15. The van der Waals surface area contributed by atoms with Crippen LogP contribution in [-0.2, 0) is 9.53 Å². The minimum Gasteiger partial charge on any atom is -0.469 e. The van der Waals surface area contributed by atoms with E-state index in [1.807, 2.05) is 17.6 Å². The second-order valence-electron chi connectivity index (χ2n) is 2.20. The maximum Gasteiger partial charge on any atom is 0.311 e. The van der Waals surface area contributed by atoms with Gasteiger partial charge in [-0.25, -0.2) is 0 Å². The predicted octanol–water partition coefficient (Wildman–Crippen LogP) is 1.51. The van der Waals surface area contributed by atoms with Gasteiger partial charge in [-0.3, -0.25) is 9.10 Å². The minimum absolute atomic E-state index is 0.207. The molecule has 1 rings (SSSR count). The highest BCUT2D eigenvalue weighted by molar-refractivity contribution is 9.08. The number of methoxy groups -OCH3 is 1. The Hall–Kier alpha value is -0.200. The van der Waals surface area contributed by atoms with Crippen LogP contribution in [0.5, 0.6) is 0 Å². The van der Waals surface area contributed by atoms with Crippen LogP contribution < -0.4 is 0 Å². The number of nitrogens with zero attached hydrogens (tertiary/aromatic N) is 2. The monoisotopic (exact) mass is 252 g/mol. The quantitative estimate of drug-likeness (QED) is 0.431. The average Bonchev–Trinajstić information content (AvgIpc) is 2.66. The van der Waals surface area contributed by atoms with Gasteiger partial charge in [-0.15, -0.1) is 0 Å². The summed E-state index contributed by atoms with van der Waals surface area (Å²) in [5.41, 5.74) is 0.984. The molecule has 4 nitrogen and oxygen atoms in total. The molecule has 0 spiro atoms. The van der Waals surface area contributed by atoms with Crippen LogP contribution in [0.2, 0.25) is 0 Å². The molecule has 1 heterocycles. The van der Waals surface area contributed by atoms with Gasteiger partial charge in [0.25, 0.3) is 0 Å². The summed E-state index contributed by atoms with van der Waals surface area (Å²) in [5, 5.41) is 0. The summed E-state index contributed by atoms with van der Waals surface area (Å²) in [5.74, 6) is -0.207. The molecular weight excluding hydrogens is 244 g/mol. The zero-order valence-corrected chi connectivity index (χ0v) is 9.18. The van der Waals surface area contributed by atoms with Crippen molar-refractivity contribution in [3.63, 3.8) is 0 Å². The van der Waals surface area contributed by atoms with Crippen molar-refractivity contribution in [1.82, 2.24) is 7.64 Å². The van der Waals surface area contributed by atoms with Gasteiger partial charge in [-0.1, -0.05) is 0 Å². The second-order valence-corrected chi connectivity index (χ2v) is 4.84. The summed E-state index contributed by atoms with van der Waals surface area (Å²) in [6.45, 7) is 0. The molecule has 0 bridgehead atoms. The molecule has 0 aliphatic carbocycles. The summed E-state index contributed by atoms with van der Waals surface area (Å²) in [6, 6.07) is 0. The van der Waals surface area contributed by atoms with E-state index >= 15 is 0 Å². The van der Waals surface area contributed by atoms with E-state index in [0.29, 0.717) is 6.42 Å². The first-order valence-corrected chi connectivity index (χ1v) is 4.72. The Kier molecular flexibility index (Phi) is 3.42. The van der Waals surface area contributed by atoms with E-state index in [-0.39, 0.29) is 5.97 Å². The second kappa shape index (κ2) is 4.15. The van der Waals surface area contributed by atoms with Crippen molar-refractivity contribution in [3.05, 3.63) is 11.9 Å². The Bertz CT molecular complexity index is 220. The van der Waals surface area contributed by atoms with Crippen molar-refractivity contribution in [3.8, 4) is 0 Å². The van der Waals surface area contributed by atoms with Crippen LogP contribution in [0.1, 0.15) is 6.42 Å². The molecule has 0 unspecified atom stereocenters. The summed E-state index contributed by atoms with van der Waals surface area (Å²) in [6.07, 6.45) is 2.24. The molecule has 68 valence electrons. The highest BCUT2D eigenvalue weighted by Crippen LogP contribution is 2.35.